The maximum atomic E-state index is 12.2. The summed E-state index contributed by atoms with van der Waals surface area (Å²) in [6.45, 7) is 0. The molecule has 0 bridgehead atoms. The van der Waals surface area contributed by atoms with E-state index in [0.29, 0.717) is 5.69 Å². The summed E-state index contributed by atoms with van der Waals surface area (Å²) in [5.41, 5.74) is 8.98. The molecule has 26 heavy (non-hydrogen) atoms. The van der Waals surface area contributed by atoms with Crippen molar-refractivity contribution >= 4 is 39.3 Å². The third-order valence-corrected chi connectivity index (χ3v) is 5.10. The quantitative estimate of drug-likeness (QED) is 0.438. The fraction of sp³-hybridized carbons (Fsp3) is 0. The minimum absolute atomic E-state index is 0.0344. The molecule has 134 valence electrons. The van der Waals surface area contributed by atoms with E-state index in [1.807, 2.05) is 17.5 Å². The van der Waals surface area contributed by atoms with Crippen LogP contribution in [0.2, 0.25) is 0 Å². The van der Waals surface area contributed by atoms with E-state index in [-0.39, 0.29) is 16.3 Å². The van der Waals surface area contributed by atoms with E-state index in [0.717, 1.165) is 4.88 Å². The van der Waals surface area contributed by atoms with Gasteiger partial charge in [-0.3, -0.25) is 4.79 Å². The molecule has 0 aliphatic heterocycles. The van der Waals surface area contributed by atoms with Gasteiger partial charge in [0.05, 0.1) is 23.0 Å². The van der Waals surface area contributed by atoms with Crippen LogP contribution in [0.5, 0.6) is 0 Å². The van der Waals surface area contributed by atoms with Crippen molar-refractivity contribution in [3.05, 3.63) is 58.4 Å². The standard InChI is InChI=1S/C15H14N6O3S2/c16-14-13(15(22)20-18-8-11-2-1-7-25-11)9-19-21(14)10-3-5-12(6-4-10)26(17,23)24/h1-9H,16H2,(H,20,22)(H2,17,23,24)/b18-8+. The SMILES string of the molecule is Nc1c(C(=O)N/N=C/c2cccs2)cnn1-c1ccc(S(N)(=O)=O)cc1. The number of hydrogen-bond donors (Lipinski definition) is 3. The van der Waals surface area contributed by atoms with Gasteiger partial charge in [0.1, 0.15) is 11.4 Å². The highest BCUT2D eigenvalue weighted by atomic mass is 32.2. The van der Waals surface area contributed by atoms with Gasteiger partial charge in [-0.25, -0.2) is 23.7 Å². The van der Waals surface area contributed by atoms with Crippen LogP contribution in [0.1, 0.15) is 15.2 Å². The van der Waals surface area contributed by atoms with Crippen molar-refractivity contribution in [3.8, 4) is 5.69 Å². The van der Waals surface area contributed by atoms with Crippen molar-refractivity contribution in [1.82, 2.24) is 15.2 Å². The van der Waals surface area contributed by atoms with Gasteiger partial charge in [0.15, 0.2) is 0 Å². The van der Waals surface area contributed by atoms with Crippen molar-refractivity contribution < 1.29 is 13.2 Å². The molecule has 1 amide bonds. The molecule has 2 heterocycles. The van der Waals surface area contributed by atoms with Crippen LogP contribution in [0.15, 0.2) is 58.0 Å². The van der Waals surface area contributed by atoms with Gasteiger partial charge >= 0.3 is 0 Å². The average Bonchev–Trinajstić information content (AvgIpc) is 3.24. The Hall–Kier alpha value is -3.02. The molecular weight excluding hydrogens is 376 g/mol. The zero-order valence-corrected chi connectivity index (χ0v) is 14.9. The zero-order chi connectivity index (χ0) is 18.7. The largest absolute Gasteiger partial charge is 0.383 e. The predicted molar refractivity (Wildman–Crippen MR) is 98.7 cm³/mol. The number of hydrogen-bond acceptors (Lipinski definition) is 7. The molecule has 5 N–H and O–H groups in total. The number of nitrogens with one attached hydrogen (secondary N) is 1. The number of hydrazone groups is 1. The smallest absolute Gasteiger partial charge is 0.276 e. The van der Waals surface area contributed by atoms with E-state index in [1.54, 1.807) is 0 Å². The first-order valence-electron chi connectivity index (χ1n) is 7.20. The van der Waals surface area contributed by atoms with Gasteiger partial charge in [-0.2, -0.15) is 10.2 Å². The van der Waals surface area contributed by atoms with E-state index in [4.69, 9.17) is 10.9 Å². The normalized spacial score (nSPS) is 11.7. The molecule has 0 radical (unpaired) electrons. The number of nitrogens with two attached hydrogens (primary N) is 2. The Bertz CT molecular complexity index is 1050. The summed E-state index contributed by atoms with van der Waals surface area (Å²) in [4.78, 5) is 13.0. The molecule has 0 saturated carbocycles. The van der Waals surface area contributed by atoms with Crippen LogP contribution in [0.4, 0.5) is 5.82 Å². The fourth-order valence-electron chi connectivity index (χ4n) is 2.10. The third kappa shape index (κ3) is 3.79. The van der Waals surface area contributed by atoms with E-state index < -0.39 is 15.9 Å². The summed E-state index contributed by atoms with van der Waals surface area (Å²) in [7, 11) is -3.79. The van der Waals surface area contributed by atoms with E-state index in [2.05, 4.69) is 15.6 Å². The van der Waals surface area contributed by atoms with Crippen LogP contribution in [-0.2, 0) is 10.0 Å². The van der Waals surface area contributed by atoms with Crippen molar-refractivity contribution in [2.24, 2.45) is 10.2 Å². The lowest BCUT2D eigenvalue weighted by Crippen LogP contribution is -2.18. The highest BCUT2D eigenvalue weighted by Crippen LogP contribution is 2.18. The molecule has 0 aliphatic carbocycles. The van der Waals surface area contributed by atoms with E-state index in [1.165, 1.54) is 52.7 Å². The predicted octanol–water partition coefficient (Wildman–Crippen LogP) is 0.927. The molecule has 0 fully saturated rings. The summed E-state index contributed by atoms with van der Waals surface area (Å²) in [6, 6.07) is 9.36. The topological polar surface area (TPSA) is 145 Å². The van der Waals surface area contributed by atoms with Crippen LogP contribution < -0.4 is 16.3 Å². The highest BCUT2D eigenvalue weighted by molar-refractivity contribution is 7.89. The van der Waals surface area contributed by atoms with Gasteiger partial charge in [0.25, 0.3) is 5.91 Å². The zero-order valence-electron chi connectivity index (χ0n) is 13.2. The Morgan fingerprint density at radius 3 is 2.62 bits per heavy atom. The molecule has 1 aromatic carbocycles. The summed E-state index contributed by atoms with van der Waals surface area (Å²) >= 11 is 1.48. The van der Waals surface area contributed by atoms with Gasteiger partial charge in [-0.05, 0) is 35.7 Å². The first kappa shape index (κ1) is 17.8. The Morgan fingerprint density at radius 2 is 2.00 bits per heavy atom. The van der Waals surface area contributed by atoms with Crippen LogP contribution in [-0.4, -0.2) is 30.3 Å². The third-order valence-electron chi connectivity index (χ3n) is 3.36. The molecule has 0 aliphatic rings. The first-order valence-corrected chi connectivity index (χ1v) is 9.62. The Kier molecular flexibility index (Phi) is 4.84. The number of benzene rings is 1. The monoisotopic (exact) mass is 390 g/mol. The molecule has 11 heteroatoms. The highest BCUT2D eigenvalue weighted by Gasteiger charge is 2.16. The van der Waals surface area contributed by atoms with Gasteiger partial charge in [-0.1, -0.05) is 6.07 Å². The Labute approximate surface area is 153 Å². The molecule has 3 aromatic rings. The second-order valence-electron chi connectivity index (χ2n) is 5.11. The Balaban J connectivity index is 1.78. The number of aromatic nitrogens is 2. The molecule has 0 atom stereocenters. The van der Waals surface area contributed by atoms with Gasteiger partial charge in [-0.15, -0.1) is 11.3 Å². The summed E-state index contributed by atoms with van der Waals surface area (Å²) in [5.74, 6) is -0.417. The molecule has 2 aromatic heterocycles. The minimum atomic E-state index is -3.79. The minimum Gasteiger partial charge on any atom is -0.383 e. The lowest BCUT2D eigenvalue weighted by molar-refractivity contribution is 0.0956. The maximum Gasteiger partial charge on any atom is 0.276 e. The second kappa shape index (κ2) is 7.07. The number of sulfonamides is 1. The lowest BCUT2D eigenvalue weighted by Gasteiger charge is -2.06. The van der Waals surface area contributed by atoms with Gasteiger partial charge in [0.2, 0.25) is 10.0 Å². The summed E-state index contributed by atoms with van der Waals surface area (Å²) in [5, 5.41) is 14.9. The molecular formula is C15H14N6O3S2. The number of nitrogens with zero attached hydrogens (tertiary/aromatic N) is 3. The Morgan fingerprint density at radius 1 is 1.27 bits per heavy atom. The average molecular weight is 390 g/mol. The number of carbonyl (C=O) groups is 1. The number of rotatable bonds is 5. The summed E-state index contributed by atoms with van der Waals surface area (Å²) in [6.07, 6.45) is 2.83. The van der Waals surface area contributed by atoms with Gasteiger partial charge < -0.3 is 5.73 Å². The number of amides is 1. The van der Waals surface area contributed by atoms with Crippen LogP contribution >= 0.6 is 11.3 Å². The van der Waals surface area contributed by atoms with Crippen molar-refractivity contribution in [2.45, 2.75) is 4.90 Å². The second-order valence-corrected chi connectivity index (χ2v) is 7.65. The van der Waals surface area contributed by atoms with E-state index in [9.17, 15) is 13.2 Å². The van der Waals surface area contributed by atoms with Crippen LogP contribution in [0.25, 0.3) is 5.69 Å². The summed E-state index contributed by atoms with van der Waals surface area (Å²) < 4.78 is 23.9. The maximum absolute atomic E-state index is 12.2. The van der Waals surface area contributed by atoms with Crippen LogP contribution in [0.3, 0.4) is 0 Å². The molecule has 9 nitrogen and oxygen atoms in total. The van der Waals surface area contributed by atoms with Crippen LogP contribution in [0, 0.1) is 0 Å². The number of nitrogen functional groups attached to an aromatic ring is 1. The van der Waals surface area contributed by atoms with Gasteiger partial charge in [0, 0.05) is 4.88 Å². The fourth-order valence-corrected chi connectivity index (χ4v) is 3.20. The molecule has 3 rings (SSSR count). The van der Waals surface area contributed by atoms with Crippen molar-refractivity contribution in [1.29, 1.82) is 0 Å². The first-order chi connectivity index (χ1) is 12.4. The van der Waals surface area contributed by atoms with Crippen molar-refractivity contribution in [2.75, 3.05) is 5.73 Å². The molecule has 0 spiro atoms. The molecule has 0 unspecified atom stereocenters. The number of carbonyl (C=O) groups excluding carboxylic acids is 1. The number of anilines is 1. The lowest BCUT2D eigenvalue weighted by atomic mass is 10.3. The number of thiophene rings is 1. The number of primary sulfonamides is 1. The van der Waals surface area contributed by atoms with E-state index >= 15 is 0 Å². The molecule has 0 saturated heterocycles. The van der Waals surface area contributed by atoms with Crippen molar-refractivity contribution in [3.63, 3.8) is 0 Å².